The Morgan fingerprint density at radius 3 is 2.81 bits per heavy atom. The molecule has 1 aliphatic rings. The van der Waals surface area contributed by atoms with Gasteiger partial charge in [-0.2, -0.15) is 0 Å². The molecule has 1 aromatic carbocycles. The number of halogens is 1. The Labute approximate surface area is 151 Å². The molecule has 1 unspecified atom stereocenters. The standard InChI is InChI=1S/C19H20FN5O/c1-13-17(11-21-2)18(24-12-19-22-5-3-6-23-19)4-7-25(13)15-8-14(20)9-16(26)10-15/h3,5-6,8-11,13,26H,2,4,7,12H2,1H3/b17-11-,24-18-. The number of anilines is 1. The third-order valence-electron chi connectivity index (χ3n) is 4.30. The molecule has 1 N–H and O–H groups in total. The van der Waals surface area contributed by atoms with Gasteiger partial charge in [-0.05, 0) is 25.8 Å². The summed E-state index contributed by atoms with van der Waals surface area (Å²) in [6, 6.07) is 5.73. The molecule has 0 spiro atoms. The summed E-state index contributed by atoms with van der Waals surface area (Å²) in [4.78, 5) is 18.9. The van der Waals surface area contributed by atoms with E-state index in [1.54, 1.807) is 30.7 Å². The van der Waals surface area contributed by atoms with Gasteiger partial charge in [0.15, 0.2) is 0 Å². The highest BCUT2D eigenvalue weighted by atomic mass is 19.1. The van der Waals surface area contributed by atoms with E-state index in [9.17, 15) is 9.50 Å². The van der Waals surface area contributed by atoms with Crippen molar-refractivity contribution in [2.75, 3.05) is 11.4 Å². The molecule has 3 rings (SSSR count). The minimum Gasteiger partial charge on any atom is -0.508 e. The Hall–Kier alpha value is -3.09. The summed E-state index contributed by atoms with van der Waals surface area (Å²) in [5, 5.41) is 9.69. The van der Waals surface area contributed by atoms with Crippen molar-refractivity contribution < 1.29 is 9.50 Å². The topological polar surface area (TPSA) is 74.0 Å². The maximum absolute atomic E-state index is 13.7. The Bertz CT molecular complexity index is 830. The van der Waals surface area contributed by atoms with E-state index >= 15 is 0 Å². The van der Waals surface area contributed by atoms with Crippen LogP contribution < -0.4 is 4.90 Å². The van der Waals surface area contributed by atoms with Gasteiger partial charge in [0.05, 0.1) is 12.6 Å². The molecule has 2 heterocycles. The number of hydrogen-bond donors (Lipinski definition) is 1. The highest BCUT2D eigenvalue weighted by molar-refractivity contribution is 6.03. The lowest BCUT2D eigenvalue weighted by molar-refractivity contribution is 0.468. The zero-order valence-electron chi connectivity index (χ0n) is 14.5. The summed E-state index contributed by atoms with van der Waals surface area (Å²) >= 11 is 0. The quantitative estimate of drug-likeness (QED) is 0.857. The summed E-state index contributed by atoms with van der Waals surface area (Å²) in [5.41, 5.74) is 2.44. The van der Waals surface area contributed by atoms with E-state index in [0.717, 1.165) is 17.4 Å². The van der Waals surface area contributed by atoms with Crippen molar-refractivity contribution in [2.45, 2.75) is 25.9 Å². The average molecular weight is 353 g/mol. The molecule has 1 atom stereocenters. The minimum atomic E-state index is -0.472. The fourth-order valence-corrected chi connectivity index (χ4v) is 3.08. The molecule has 0 radical (unpaired) electrons. The molecule has 1 aliphatic heterocycles. The van der Waals surface area contributed by atoms with Gasteiger partial charge in [0.1, 0.15) is 17.4 Å². The summed E-state index contributed by atoms with van der Waals surface area (Å²) in [7, 11) is 0. The summed E-state index contributed by atoms with van der Waals surface area (Å²) in [6.45, 7) is 6.57. The largest absolute Gasteiger partial charge is 0.508 e. The van der Waals surface area contributed by atoms with Crippen LogP contribution in [0, 0.1) is 5.82 Å². The van der Waals surface area contributed by atoms with E-state index in [1.807, 2.05) is 11.8 Å². The molecule has 7 heteroatoms. The fraction of sp³-hybridized carbons (Fsp3) is 0.263. The second kappa shape index (κ2) is 7.86. The van der Waals surface area contributed by atoms with Gasteiger partial charge < -0.3 is 10.0 Å². The molecule has 26 heavy (non-hydrogen) atoms. The van der Waals surface area contributed by atoms with Crippen LogP contribution in [0.25, 0.3) is 0 Å². The fourth-order valence-electron chi connectivity index (χ4n) is 3.08. The molecule has 1 saturated heterocycles. The number of nitrogens with zero attached hydrogens (tertiary/aromatic N) is 5. The Morgan fingerprint density at radius 1 is 1.35 bits per heavy atom. The van der Waals surface area contributed by atoms with Crippen LogP contribution >= 0.6 is 0 Å². The molecular formula is C19H20FN5O. The van der Waals surface area contributed by atoms with E-state index in [0.29, 0.717) is 31.0 Å². The number of aliphatic imine (C=N–C) groups is 2. The molecule has 1 aromatic heterocycles. The predicted molar refractivity (Wildman–Crippen MR) is 100 cm³/mol. The number of aromatic nitrogens is 2. The van der Waals surface area contributed by atoms with Gasteiger partial charge >= 0.3 is 0 Å². The van der Waals surface area contributed by atoms with Crippen LogP contribution in [-0.4, -0.2) is 40.1 Å². The first-order chi connectivity index (χ1) is 12.6. The van der Waals surface area contributed by atoms with Crippen molar-refractivity contribution in [2.24, 2.45) is 9.98 Å². The lowest BCUT2D eigenvalue weighted by Gasteiger charge is -2.38. The van der Waals surface area contributed by atoms with Crippen molar-refractivity contribution in [1.29, 1.82) is 0 Å². The highest BCUT2D eigenvalue weighted by Crippen LogP contribution is 2.30. The second-order valence-electron chi connectivity index (χ2n) is 5.98. The van der Waals surface area contributed by atoms with Crippen molar-refractivity contribution in [3.8, 4) is 5.75 Å². The van der Waals surface area contributed by atoms with Crippen molar-refractivity contribution in [1.82, 2.24) is 9.97 Å². The van der Waals surface area contributed by atoms with Crippen molar-refractivity contribution in [3.63, 3.8) is 0 Å². The normalized spacial score (nSPS) is 20.5. The number of phenols is 1. The molecule has 0 amide bonds. The first-order valence-corrected chi connectivity index (χ1v) is 8.30. The van der Waals surface area contributed by atoms with Crippen LogP contribution in [-0.2, 0) is 6.54 Å². The summed E-state index contributed by atoms with van der Waals surface area (Å²) in [6.07, 6.45) is 5.72. The molecule has 0 aliphatic carbocycles. The van der Waals surface area contributed by atoms with Gasteiger partial charge in [-0.3, -0.25) is 9.98 Å². The summed E-state index contributed by atoms with van der Waals surface area (Å²) < 4.78 is 13.7. The van der Waals surface area contributed by atoms with Crippen LogP contribution in [0.5, 0.6) is 5.75 Å². The Morgan fingerprint density at radius 2 is 2.12 bits per heavy atom. The van der Waals surface area contributed by atoms with Gasteiger partial charge in [-0.15, -0.1) is 0 Å². The van der Waals surface area contributed by atoms with Gasteiger partial charge in [0.25, 0.3) is 0 Å². The smallest absolute Gasteiger partial charge is 0.149 e. The molecule has 2 aromatic rings. The molecule has 0 saturated carbocycles. The van der Waals surface area contributed by atoms with Crippen molar-refractivity contribution in [3.05, 3.63) is 60.1 Å². The first-order valence-electron chi connectivity index (χ1n) is 8.30. The zero-order chi connectivity index (χ0) is 18.5. The van der Waals surface area contributed by atoms with E-state index in [2.05, 4.69) is 26.7 Å². The van der Waals surface area contributed by atoms with Crippen LogP contribution in [0.1, 0.15) is 19.2 Å². The minimum absolute atomic E-state index is 0.0918. The van der Waals surface area contributed by atoms with E-state index in [1.165, 1.54) is 6.07 Å². The van der Waals surface area contributed by atoms with Gasteiger partial charge in [0.2, 0.25) is 0 Å². The summed E-state index contributed by atoms with van der Waals surface area (Å²) in [5.74, 6) is 0.0802. The molecular weight excluding hydrogens is 333 g/mol. The molecule has 0 bridgehead atoms. The molecule has 1 fully saturated rings. The van der Waals surface area contributed by atoms with Gasteiger partial charge in [0, 0.05) is 60.7 Å². The van der Waals surface area contributed by atoms with E-state index < -0.39 is 5.82 Å². The van der Waals surface area contributed by atoms with Crippen LogP contribution in [0.15, 0.2) is 58.4 Å². The Balaban J connectivity index is 1.86. The zero-order valence-corrected chi connectivity index (χ0v) is 14.5. The number of benzene rings is 1. The maximum atomic E-state index is 13.7. The maximum Gasteiger partial charge on any atom is 0.149 e. The number of piperidine rings is 1. The lowest BCUT2D eigenvalue weighted by atomic mass is 9.94. The number of aromatic hydroxyl groups is 1. The predicted octanol–water partition coefficient (Wildman–Crippen LogP) is 3.15. The van der Waals surface area contributed by atoms with E-state index in [-0.39, 0.29) is 11.8 Å². The van der Waals surface area contributed by atoms with Crippen LogP contribution in [0.4, 0.5) is 10.1 Å². The molecule has 6 nitrogen and oxygen atoms in total. The Kier molecular flexibility index (Phi) is 5.36. The first kappa shape index (κ1) is 17.7. The average Bonchev–Trinajstić information content (AvgIpc) is 2.62. The van der Waals surface area contributed by atoms with Crippen LogP contribution in [0.3, 0.4) is 0 Å². The third-order valence-corrected chi connectivity index (χ3v) is 4.30. The van der Waals surface area contributed by atoms with Crippen LogP contribution in [0.2, 0.25) is 0 Å². The highest BCUT2D eigenvalue weighted by Gasteiger charge is 2.28. The third kappa shape index (κ3) is 3.93. The molecule has 134 valence electrons. The van der Waals surface area contributed by atoms with E-state index in [4.69, 9.17) is 0 Å². The number of rotatable bonds is 4. The van der Waals surface area contributed by atoms with Gasteiger partial charge in [-0.1, -0.05) is 0 Å². The SMILES string of the molecule is C=N/C=C1\C(=N/Cc2ncccn2)CCN(c2cc(O)cc(F)c2)C1C. The van der Waals surface area contributed by atoms with Crippen molar-refractivity contribution >= 4 is 18.1 Å². The number of hydrogen-bond acceptors (Lipinski definition) is 6. The lowest BCUT2D eigenvalue weighted by Crippen LogP contribution is -2.43. The second-order valence-corrected chi connectivity index (χ2v) is 5.98. The van der Waals surface area contributed by atoms with Gasteiger partial charge in [-0.25, -0.2) is 14.4 Å². The monoisotopic (exact) mass is 353 g/mol. The number of phenolic OH excluding ortho intramolecular Hbond substituents is 1.